The van der Waals surface area contributed by atoms with Gasteiger partial charge in [-0.3, -0.25) is 4.79 Å². The Labute approximate surface area is 103 Å². The molecule has 4 nitrogen and oxygen atoms in total. The average molecular weight is 246 g/mol. The fourth-order valence-electron chi connectivity index (χ4n) is 1.34. The van der Waals surface area contributed by atoms with Gasteiger partial charge in [0.15, 0.2) is 5.78 Å². The Morgan fingerprint density at radius 2 is 2.11 bits per heavy atom. The van der Waals surface area contributed by atoms with Gasteiger partial charge in [0, 0.05) is 23.9 Å². The fraction of sp³-hybridized carbons (Fsp3) is 0.0769. The smallest absolute Gasteiger partial charge is 0.228 e. The van der Waals surface area contributed by atoms with E-state index in [0.29, 0.717) is 11.4 Å². The maximum absolute atomic E-state index is 12.7. The third kappa shape index (κ3) is 3.04. The summed E-state index contributed by atoms with van der Waals surface area (Å²) in [4.78, 5) is 11.7. The van der Waals surface area contributed by atoms with E-state index in [9.17, 15) is 9.18 Å². The molecule has 0 atom stereocenters. The molecule has 0 fully saturated rings. The van der Waals surface area contributed by atoms with Crippen LogP contribution >= 0.6 is 0 Å². The first-order chi connectivity index (χ1) is 8.65. The third-order valence-corrected chi connectivity index (χ3v) is 2.22. The molecule has 0 aliphatic rings. The summed E-state index contributed by atoms with van der Waals surface area (Å²) in [6, 6.07) is 7.05. The SMILES string of the molecule is Cc1cc(N/C=C\C(=O)c2ccc(F)cc2)on1. The molecule has 92 valence electrons. The van der Waals surface area contributed by atoms with Crippen LogP contribution in [0.1, 0.15) is 16.1 Å². The average Bonchev–Trinajstić information content (AvgIpc) is 2.76. The number of nitrogens with one attached hydrogen (secondary N) is 1. The van der Waals surface area contributed by atoms with Crippen molar-refractivity contribution in [3.8, 4) is 0 Å². The number of rotatable bonds is 4. The van der Waals surface area contributed by atoms with Gasteiger partial charge in [-0.2, -0.15) is 0 Å². The monoisotopic (exact) mass is 246 g/mol. The Morgan fingerprint density at radius 1 is 1.39 bits per heavy atom. The number of allylic oxidation sites excluding steroid dienone is 1. The van der Waals surface area contributed by atoms with Crippen LogP contribution in [0, 0.1) is 12.7 Å². The minimum atomic E-state index is -0.370. The van der Waals surface area contributed by atoms with Crippen LogP contribution in [0.3, 0.4) is 0 Å². The number of halogens is 1. The van der Waals surface area contributed by atoms with Gasteiger partial charge >= 0.3 is 0 Å². The highest BCUT2D eigenvalue weighted by Gasteiger charge is 2.01. The van der Waals surface area contributed by atoms with E-state index >= 15 is 0 Å². The Hall–Kier alpha value is -2.43. The van der Waals surface area contributed by atoms with Gasteiger partial charge in [-0.05, 0) is 31.2 Å². The van der Waals surface area contributed by atoms with Gasteiger partial charge in [0.1, 0.15) is 5.82 Å². The van der Waals surface area contributed by atoms with E-state index in [0.717, 1.165) is 5.69 Å². The summed E-state index contributed by atoms with van der Waals surface area (Å²) in [6.07, 6.45) is 2.79. The van der Waals surface area contributed by atoms with Crippen molar-refractivity contribution in [1.82, 2.24) is 5.16 Å². The number of anilines is 1. The number of carbonyl (C=O) groups excluding carboxylic acids is 1. The standard InChI is InChI=1S/C13H11FN2O2/c1-9-8-13(18-16-9)15-7-6-12(17)10-2-4-11(14)5-3-10/h2-8,15H,1H3/b7-6-. The van der Waals surface area contributed by atoms with Gasteiger partial charge in [0.25, 0.3) is 0 Å². The van der Waals surface area contributed by atoms with Crippen LogP contribution in [0.5, 0.6) is 0 Å². The molecular weight excluding hydrogens is 235 g/mol. The number of hydrogen-bond acceptors (Lipinski definition) is 4. The molecule has 18 heavy (non-hydrogen) atoms. The van der Waals surface area contributed by atoms with Crippen LogP contribution in [-0.2, 0) is 0 Å². The molecule has 1 aromatic heterocycles. The number of carbonyl (C=O) groups is 1. The van der Waals surface area contributed by atoms with Crippen molar-refractivity contribution in [1.29, 1.82) is 0 Å². The molecule has 0 amide bonds. The van der Waals surface area contributed by atoms with E-state index < -0.39 is 0 Å². The van der Waals surface area contributed by atoms with Crippen LogP contribution in [0.2, 0.25) is 0 Å². The van der Waals surface area contributed by atoms with Gasteiger partial charge in [0.2, 0.25) is 5.88 Å². The minimum Gasteiger partial charge on any atom is -0.338 e. The second-order valence-electron chi connectivity index (χ2n) is 3.68. The number of aromatic nitrogens is 1. The van der Waals surface area contributed by atoms with E-state index in [2.05, 4.69) is 10.5 Å². The largest absolute Gasteiger partial charge is 0.338 e. The topological polar surface area (TPSA) is 55.1 Å². The Morgan fingerprint density at radius 3 is 2.72 bits per heavy atom. The Balaban J connectivity index is 1.97. The highest BCUT2D eigenvalue weighted by atomic mass is 19.1. The summed E-state index contributed by atoms with van der Waals surface area (Å²) in [5, 5.41) is 6.46. The van der Waals surface area contributed by atoms with Crippen molar-refractivity contribution >= 4 is 11.7 Å². The molecule has 0 aliphatic carbocycles. The summed E-state index contributed by atoms with van der Waals surface area (Å²) < 4.78 is 17.6. The molecule has 0 bridgehead atoms. The van der Waals surface area contributed by atoms with E-state index in [1.807, 2.05) is 0 Å². The van der Waals surface area contributed by atoms with Gasteiger partial charge < -0.3 is 9.84 Å². The van der Waals surface area contributed by atoms with Crippen LogP contribution in [0.25, 0.3) is 0 Å². The molecule has 1 N–H and O–H groups in total. The summed E-state index contributed by atoms with van der Waals surface area (Å²) in [5.74, 6) is -0.139. The molecule has 1 aromatic carbocycles. The Kier molecular flexibility index (Phi) is 3.52. The zero-order chi connectivity index (χ0) is 13.0. The number of aryl methyl sites for hydroxylation is 1. The molecule has 0 radical (unpaired) electrons. The summed E-state index contributed by atoms with van der Waals surface area (Å²) in [6.45, 7) is 1.79. The zero-order valence-electron chi connectivity index (χ0n) is 9.68. The highest BCUT2D eigenvalue weighted by Crippen LogP contribution is 2.08. The first-order valence-electron chi connectivity index (χ1n) is 5.31. The second-order valence-corrected chi connectivity index (χ2v) is 3.68. The van der Waals surface area contributed by atoms with Gasteiger partial charge in [-0.1, -0.05) is 5.16 Å². The molecule has 1 heterocycles. The van der Waals surface area contributed by atoms with Crippen molar-refractivity contribution in [3.63, 3.8) is 0 Å². The second kappa shape index (κ2) is 5.27. The molecule has 0 unspecified atom stereocenters. The first-order valence-corrected chi connectivity index (χ1v) is 5.31. The summed E-state index contributed by atoms with van der Waals surface area (Å²) in [5.41, 5.74) is 1.17. The number of ketones is 1. The van der Waals surface area contributed by atoms with E-state index in [1.54, 1.807) is 13.0 Å². The zero-order valence-corrected chi connectivity index (χ0v) is 9.68. The Bertz CT molecular complexity index is 573. The molecule has 2 aromatic rings. The normalized spacial score (nSPS) is 10.8. The van der Waals surface area contributed by atoms with Crippen molar-refractivity contribution in [3.05, 3.63) is 59.7 Å². The lowest BCUT2D eigenvalue weighted by atomic mass is 10.1. The first kappa shape index (κ1) is 12.0. The van der Waals surface area contributed by atoms with E-state index in [-0.39, 0.29) is 11.6 Å². The van der Waals surface area contributed by atoms with Crippen LogP contribution < -0.4 is 5.32 Å². The highest BCUT2D eigenvalue weighted by molar-refractivity contribution is 6.04. The lowest BCUT2D eigenvalue weighted by molar-refractivity contribution is 0.104. The summed E-state index contributed by atoms with van der Waals surface area (Å²) >= 11 is 0. The van der Waals surface area contributed by atoms with Gasteiger partial charge in [-0.25, -0.2) is 4.39 Å². The molecule has 5 heteroatoms. The van der Waals surface area contributed by atoms with Crippen LogP contribution in [-0.4, -0.2) is 10.9 Å². The van der Waals surface area contributed by atoms with Crippen LogP contribution in [0.15, 0.2) is 47.1 Å². The molecule has 2 rings (SSSR count). The van der Waals surface area contributed by atoms with E-state index in [1.165, 1.54) is 36.5 Å². The lowest BCUT2D eigenvalue weighted by Gasteiger charge is -1.95. The molecule has 0 aliphatic heterocycles. The van der Waals surface area contributed by atoms with Crippen LogP contribution in [0.4, 0.5) is 10.3 Å². The van der Waals surface area contributed by atoms with Crippen molar-refractivity contribution in [2.24, 2.45) is 0 Å². The predicted octanol–water partition coefficient (Wildman–Crippen LogP) is 2.93. The van der Waals surface area contributed by atoms with Crippen molar-refractivity contribution in [2.75, 3.05) is 5.32 Å². The summed E-state index contributed by atoms with van der Waals surface area (Å²) in [7, 11) is 0. The predicted molar refractivity (Wildman–Crippen MR) is 64.7 cm³/mol. The van der Waals surface area contributed by atoms with Crippen molar-refractivity contribution in [2.45, 2.75) is 6.92 Å². The molecule has 0 saturated heterocycles. The lowest BCUT2D eigenvalue weighted by Crippen LogP contribution is -1.96. The molecule has 0 spiro atoms. The fourth-order valence-corrected chi connectivity index (χ4v) is 1.34. The third-order valence-electron chi connectivity index (χ3n) is 2.22. The molecule has 0 saturated carbocycles. The van der Waals surface area contributed by atoms with Crippen molar-refractivity contribution < 1.29 is 13.7 Å². The maximum atomic E-state index is 12.7. The minimum absolute atomic E-state index is 0.223. The van der Waals surface area contributed by atoms with Gasteiger partial charge in [-0.15, -0.1) is 0 Å². The van der Waals surface area contributed by atoms with E-state index in [4.69, 9.17) is 4.52 Å². The quantitative estimate of drug-likeness (QED) is 0.665. The number of benzene rings is 1. The maximum Gasteiger partial charge on any atom is 0.228 e. The number of hydrogen-bond donors (Lipinski definition) is 1. The number of nitrogens with zero attached hydrogens (tertiary/aromatic N) is 1. The van der Waals surface area contributed by atoms with Gasteiger partial charge in [0.05, 0.1) is 5.69 Å². The molecular formula is C13H11FN2O2.